The Hall–Kier alpha value is -0.710. The minimum Gasteiger partial charge on any atom is -0.468 e. The molecule has 0 aliphatic carbocycles. The molecule has 0 aliphatic rings. The molecule has 1 N–H and O–H groups in total. The van der Waals surface area contributed by atoms with E-state index in [0.29, 0.717) is 0 Å². The lowest BCUT2D eigenvalue weighted by atomic mass is 10.4. The third-order valence-corrected chi connectivity index (χ3v) is 1.25. The van der Waals surface area contributed by atoms with Crippen LogP contribution in [0.4, 0.5) is 0 Å². The first-order valence-corrected chi connectivity index (χ1v) is 4.62. The fourth-order valence-electron chi connectivity index (χ4n) is 0.379. The summed E-state index contributed by atoms with van der Waals surface area (Å²) in [4.78, 5) is 21.2. The van der Waals surface area contributed by atoms with Gasteiger partial charge in [0, 0.05) is 0 Å². The van der Waals surface area contributed by atoms with Gasteiger partial charge in [-0.3, -0.25) is 9.59 Å². The molecule has 0 bridgehead atoms. The molecule has 0 heterocycles. The molecular weight excluding hydrogens is 190 g/mol. The predicted octanol–water partition coefficient (Wildman–Crippen LogP) is 0.620. The van der Waals surface area contributed by atoms with Crippen LogP contribution < -0.4 is 5.32 Å². The number of amides is 1. The third kappa shape index (κ3) is 9.20. The average molecular weight is 207 g/mol. The zero-order chi connectivity index (χ0) is 10.9. The van der Waals surface area contributed by atoms with Crippen molar-refractivity contribution in [3.63, 3.8) is 0 Å². The molecule has 4 nitrogen and oxygen atoms in total. The van der Waals surface area contributed by atoms with E-state index in [-0.39, 0.29) is 12.5 Å². The van der Waals surface area contributed by atoms with Crippen LogP contribution in [0.2, 0.25) is 0 Å². The smallest absolute Gasteiger partial charge is 0.325 e. The van der Waals surface area contributed by atoms with Gasteiger partial charge in [-0.05, 0) is 6.92 Å². The standard InChI is InChI=1S/C6H11NO3S.C2H6/c1-4(11)6(9)7-3-5(8)10-2;1-2/h4,11H,3H2,1-2H3,(H,7,9);1-2H3. The Kier molecular flexibility index (Phi) is 10.7. The molecule has 0 radical (unpaired) electrons. The van der Waals surface area contributed by atoms with Gasteiger partial charge in [0.05, 0.1) is 12.4 Å². The topological polar surface area (TPSA) is 55.4 Å². The Balaban J connectivity index is 0. The number of esters is 1. The average Bonchev–Trinajstić information content (AvgIpc) is 2.16. The second-order valence-corrected chi connectivity index (χ2v) is 2.74. The molecule has 78 valence electrons. The first-order chi connectivity index (χ1) is 6.07. The van der Waals surface area contributed by atoms with E-state index in [9.17, 15) is 9.59 Å². The Bertz CT molecular complexity index is 159. The number of thiol groups is 1. The second kappa shape index (κ2) is 9.38. The first-order valence-electron chi connectivity index (χ1n) is 4.10. The van der Waals surface area contributed by atoms with Crippen molar-refractivity contribution in [2.45, 2.75) is 26.0 Å². The van der Waals surface area contributed by atoms with Gasteiger partial charge >= 0.3 is 5.97 Å². The Morgan fingerprint density at radius 1 is 1.46 bits per heavy atom. The van der Waals surface area contributed by atoms with Crippen LogP contribution in [-0.2, 0) is 14.3 Å². The van der Waals surface area contributed by atoms with Crippen molar-refractivity contribution in [1.82, 2.24) is 5.32 Å². The number of rotatable bonds is 3. The summed E-state index contributed by atoms with van der Waals surface area (Å²) in [5.74, 6) is -0.744. The minimum atomic E-state index is -0.465. The van der Waals surface area contributed by atoms with Crippen LogP contribution in [0.3, 0.4) is 0 Å². The van der Waals surface area contributed by atoms with Crippen molar-refractivity contribution in [2.24, 2.45) is 0 Å². The molecule has 1 atom stereocenters. The monoisotopic (exact) mass is 207 g/mol. The highest BCUT2D eigenvalue weighted by Gasteiger charge is 2.08. The zero-order valence-corrected chi connectivity index (χ0v) is 9.35. The van der Waals surface area contributed by atoms with Crippen molar-refractivity contribution < 1.29 is 14.3 Å². The molecule has 13 heavy (non-hydrogen) atoms. The summed E-state index contributed by atoms with van der Waals surface area (Å²) in [6.45, 7) is 5.52. The maximum Gasteiger partial charge on any atom is 0.325 e. The first kappa shape index (κ1) is 14.8. The van der Waals surface area contributed by atoms with Crippen LogP contribution in [-0.4, -0.2) is 30.8 Å². The molecule has 0 saturated carbocycles. The van der Waals surface area contributed by atoms with Crippen LogP contribution in [0.5, 0.6) is 0 Å². The summed E-state index contributed by atoms with van der Waals surface area (Å²) in [6, 6.07) is 0. The highest BCUT2D eigenvalue weighted by molar-refractivity contribution is 7.81. The number of carbonyl (C=O) groups is 2. The van der Waals surface area contributed by atoms with E-state index in [4.69, 9.17) is 0 Å². The number of hydrogen-bond donors (Lipinski definition) is 2. The highest BCUT2D eigenvalue weighted by Crippen LogP contribution is 1.90. The van der Waals surface area contributed by atoms with Crippen LogP contribution in [0, 0.1) is 0 Å². The number of methoxy groups -OCH3 is 1. The molecule has 5 heteroatoms. The molecule has 1 amide bonds. The molecule has 0 saturated heterocycles. The lowest BCUT2D eigenvalue weighted by Gasteiger charge is -2.04. The Labute approximate surface area is 84.4 Å². The maximum atomic E-state index is 10.8. The molecule has 0 aliphatic heterocycles. The van der Waals surface area contributed by atoms with Crippen LogP contribution in [0.15, 0.2) is 0 Å². The normalized spacial score (nSPS) is 10.5. The predicted molar refractivity (Wildman–Crippen MR) is 54.8 cm³/mol. The molecule has 0 aromatic heterocycles. The van der Waals surface area contributed by atoms with Gasteiger partial charge in [0.1, 0.15) is 6.54 Å². The molecule has 0 spiro atoms. The molecule has 1 unspecified atom stereocenters. The number of ether oxygens (including phenoxy) is 1. The van der Waals surface area contributed by atoms with Gasteiger partial charge in [-0.2, -0.15) is 12.6 Å². The van der Waals surface area contributed by atoms with Gasteiger partial charge in [-0.25, -0.2) is 0 Å². The van der Waals surface area contributed by atoms with E-state index < -0.39 is 11.2 Å². The van der Waals surface area contributed by atoms with E-state index in [0.717, 1.165) is 0 Å². The Morgan fingerprint density at radius 2 is 1.92 bits per heavy atom. The van der Waals surface area contributed by atoms with Gasteiger partial charge in [0.2, 0.25) is 5.91 Å². The summed E-state index contributed by atoms with van der Waals surface area (Å²) in [7, 11) is 1.26. The molecule has 0 aromatic carbocycles. The fraction of sp³-hybridized carbons (Fsp3) is 0.750. The maximum absolute atomic E-state index is 10.8. The number of carbonyl (C=O) groups excluding carboxylic acids is 2. The quantitative estimate of drug-likeness (QED) is 0.527. The zero-order valence-electron chi connectivity index (χ0n) is 8.46. The van der Waals surface area contributed by atoms with E-state index in [1.165, 1.54) is 7.11 Å². The van der Waals surface area contributed by atoms with Crippen LogP contribution >= 0.6 is 12.6 Å². The summed E-state index contributed by atoms with van der Waals surface area (Å²) in [5.41, 5.74) is 0. The SMILES string of the molecule is CC.COC(=O)CNC(=O)C(C)S. The Morgan fingerprint density at radius 3 is 2.23 bits per heavy atom. The largest absolute Gasteiger partial charge is 0.468 e. The summed E-state index contributed by atoms with van der Waals surface area (Å²) in [5, 5.41) is 1.94. The van der Waals surface area contributed by atoms with Gasteiger partial charge < -0.3 is 10.1 Å². The van der Waals surface area contributed by atoms with Crippen molar-refractivity contribution in [2.75, 3.05) is 13.7 Å². The van der Waals surface area contributed by atoms with E-state index >= 15 is 0 Å². The van der Waals surface area contributed by atoms with Crippen LogP contribution in [0.1, 0.15) is 20.8 Å². The van der Waals surface area contributed by atoms with Crippen molar-refractivity contribution >= 4 is 24.5 Å². The van der Waals surface area contributed by atoms with Crippen LogP contribution in [0.25, 0.3) is 0 Å². The molecule has 0 rings (SSSR count). The fourth-order valence-corrected chi connectivity index (χ4v) is 0.470. The van der Waals surface area contributed by atoms with E-state index in [2.05, 4.69) is 22.7 Å². The van der Waals surface area contributed by atoms with Gasteiger partial charge in [0.15, 0.2) is 0 Å². The van der Waals surface area contributed by atoms with E-state index in [1.807, 2.05) is 13.8 Å². The summed E-state index contributed by atoms with van der Waals surface area (Å²) in [6.07, 6.45) is 0. The van der Waals surface area contributed by atoms with Crippen molar-refractivity contribution in [3.05, 3.63) is 0 Å². The molecule has 0 fully saturated rings. The second-order valence-electron chi connectivity index (χ2n) is 1.97. The van der Waals surface area contributed by atoms with Gasteiger partial charge in [-0.15, -0.1) is 0 Å². The lowest BCUT2D eigenvalue weighted by Crippen LogP contribution is -2.34. The number of hydrogen-bond acceptors (Lipinski definition) is 4. The summed E-state index contributed by atoms with van der Waals surface area (Å²) >= 11 is 3.86. The number of nitrogens with one attached hydrogen (secondary N) is 1. The highest BCUT2D eigenvalue weighted by atomic mass is 32.1. The van der Waals surface area contributed by atoms with Gasteiger partial charge in [0.25, 0.3) is 0 Å². The lowest BCUT2D eigenvalue weighted by molar-refractivity contribution is -0.141. The van der Waals surface area contributed by atoms with E-state index in [1.54, 1.807) is 6.92 Å². The van der Waals surface area contributed by atoms with Crippen molar-refractivity contribution in [3.8, 4) is 0 Å². The van der Waals surface area contributed by atoms with Crippen molar-refractivity contribution in [1.29, 1.82) is 0 Å². The molecular formula is C8H17NO3S. The summed E-state index contributed by atoms with van der Waals surface area (Å²) < 4.78 is 4.30. The molecule has 0 aromatic rings. The third-order valence-electron chi connectivity index (χ3n) is 1.01. The van der Waals surface area contributed by atoms with Gasteiger partial charge in [-0.1, -0.05) is 13.8 Å². The minimum absolute atomic E-state index is 0.0970.